The van der Waals surface area contributed by atoms with Crippen molar-refractivity contribution < 1.29 is 13.9 Å². The lowest BCUT2D eigenvalue weighted by Crippen LogP contribution is -2.55. The van der Waals surface area contributed by atoms with Gasteiger partial charge in [0.2, 0.25) is 0 Å². The SMILES string of the molecule is CCC(C)N1CCO[C@@H](CN2CCN(C(=O)Nc3ccc(F)c(Cl)c3)CC2)C1. The minimum Gasteiger partial charge on any atom is -0.374 e. The zero-order valence-electron chi connectivity index (χ0n) is 16.7. The third-order valence-corrected chi connectivity index (χ3v) is 5.97. The van der Waals surface area contributed by atoms with Crippen molar-refractivity contribution in [3.8, 4) is 0 Å². The fourth-order valence-electron chi connectivity index (χ4n) is 3.71. The molecule has 28 heavy (non-hydrogen) atoms. The molecule has 2 aliphatic heterocycles. The number of anilines is 1. The second kappa shape index (κ2) is 9.87. The second-order valence-corrected chi connectivity index (χ2v) is 8.00. The summed E-state index contributed by atoms with van der Waals surface area (Å²) in [7, 11) is 0. The molecule has 0 spiro atoms. The van der Waals surface area contributed by atoms with Crippen LogP contribution in [0.1, 0.15) is 20.3 Å². The molecule has 156 valence electrons. The topological polar surface area (TPSA) is 48.1 Å². The molecule has 0 radical (unpaired) electrons. The molecule has 8 heteroatoms. The first-order valence-corrected chi connectivity index (χ1v) is 10.4. The van der Waals surface area contributed by atoms with Crippen LogP contribution in [-0.2, 0) is 4.74 Å². The summed E-state index contributed by atoms with van der Waals surface area (Å²) in [5.41, 5.74) is 0.500. The number of nitrogens with zero attached hydrogens (tertiary/aromatic N) is 3. The van der Waals surface area contributed by atoms with Crippen molar-refractivity contribution in [2.24, 2.45) is 0 Å². The molecule has 1 aromatic rings. The Kier molecular flexibility index (Phi) is 7.51. The Hall–Kier alpha value is -1.41. The molecule has 1 unspecified atom stereocenters. The van der Waals surface area contributed by atoms with E-state index >= 15 is 0 Å². The molecule has 1 N–H and O–H groups in total. The number of benzene rings is 1. The van der Waals surface area contributed by atoms with Gasteiger partial charge in [0, 0.05) is 57.5 Å². The highest BCUT2D eigenvalue weighted by atomic mass is 35.5. The highest BCUT2D eigenvalue weighted by Crippen LogP contribution is 2.20. The van der Waals surface area contributed by atoms with Crippen molar-refractivity contribution in [2.75, 3.05) is 57.7 Å². The predicted octanol–water partition coefficient (Wildman–Crippen LogP) is 3.13. The molecule has 6 nitrogen and oxygen atoms in total. The van der Waals surface area contributed by atoms with Crippen LogP contribution < -0.4 is 5.32 Å². The molecule has 1 aromatic carbocycles. The standard InChI is InChI=1S/C20H30ClFN4O2/c1-3-15(2)26-10-11-28-17(14-26)13-24-6-8-25(9-7-24)20(27)23-16-4-5-19(22)18(21)12-16/h4-5,12,15,17H,3,6-11,13-14H2,1-2H3,(H,23,27)/t15?,17-/m0/s1. The van der Waals surface area contributed by atoms with E-state index in [-0.39, 0.29) is 17.2 Å². The zero-order valence-corrected chi connectivity index (χ0v) is 17.4. The average molecular weight is 413 g/mol. The largest absolute Gasteiger partial charge is 0.374 e. The molecule has 3 rings (SSSR count). The second-order valence-electron chi connectivity index (χ2n) is 7.59. The van der Waals surface area contributed by atoms with E-state index in [4.69, 9.17) is 16.3 Å². The molecule has 2 amide bonds. The van der Waals surface area contributed by atoms with Gasteiger partial charge in [-0.05, 0) is 31.5 Å². The minimum atomic E-state index is -0.495. The van der Waals surface area contributed by atoms with Crippen LogP contribution in [0.25, 0.3) is 0 Å². The van der Waals surface area contributed by atoms with E-state index in [0.717, 1.165) is 45.8 Å². The van der Waals surface area contributed by atoms with Crippen LogP contribution in [-0.4, -0.2) is 85.3 Å². The summed E-state index contributed by atoms with van der Waals surface area (Å²) in [5, 5.41) is 2.79. The smallest absolute Gasteiger partial charge is 0.321 e. The summed E-state index contributed by atoms with van der Waals surface area (Å²) in [6.45, 7) is 11.1. The molecule has 2 aliphatic rings. The van der Waals surface area contributed by atoms with Crippen molar-refractivity contribution in [1.29, 1.82) is 0 Å². The molecular formula is C20H30ClFN4O2. The van der Waals surface area contributed by atoms with Gasteiger partial charge < -0.3 is 15.0 Å². The Morgan fingerprint density at radius 3 is 2.75 bits per heavy atom. The van der Waals surface area contributed by atoms with E-state index in [1.165, 1.54) is 18.2 Å². The molecule has 0 bridgehead atoms. The van der Waals surface area contributed by atoms with Crippen LogP contribution >= 0.6 is 11.6 Å². The number of hydrogen-bond acceptors (Lipinski definition) is 4. The molecule has 0 aliphatic carbocycles. The maximum atomic E-state index is 13.2. The lowest BCUT2D eigenvalue weighted by molar-refractivity contribution is -0.0574. The highest BCUT2D eigenvalue weighted by molar-refractivity contribution is 6.31. The van der Waals surface area contributed by atoms with Gasteiger partial charge in [0.25, 0.3) is 0 Å². The fraction of sp³-hybridized carbons (Fsp3) is 0.650. The average Bonchev–Trinajstić information content (AvgIpc) is 2.71. The molecule has 2 fully saturated rings. The van der Waals surface area contributed by atoms with Gasteiger partial charge in [-0.25, -0.2) is 9.18 Å². The van der Waals surface area contributed by atoms with Crippen LogP contribution in [0.5, 0.6) is 0 Å². The Morgan fingerprint density at radius 2 is 2.07 bits per heavy atom. The van der Waals surface area contributed by atoms with E-state index in [1.54, 1.807) is 4.90 Å². The maximum absolute atomic E-state index is 13.2. The number of halogens is 2. The summed E-state index contributed by atoms with van der Waals surface area (Å²) in [6, 6.07) is 4.60. The third kappa shape index (κ3) is 5.56. The molecule has 2 saturated heterocycles. The van der Waals surface area contributed by atoms with Crippen molar-refractivity contribution in [3.63, 3.8) is 0 Å². The normalized spacial score (nSPS) is 22.9. The van der Waals surface area contributed by atoms with Crippen molar-refractivity contribution in [2.45, 2.75) is 32.4 Å². The monoisotopic (exact) mass is 412 g/mol. The van der Waals surface area contributed by atoms with Gasteiger partial charge in [-0.15, -0.1) is 0 Å². The molecule has 2 atom stereocenters. The molecule has 2 heterocycles. The number of hydrogen-bond donors (Lipinski definition) is 1. The van der Waals surface area contributed by atoms with Crippen molar-refractivity contribution in [3.05, 3.63) is 29.0 Å². The van der Waals surface area contributed by atoms with Gasteiger partial charge in [-0.2, -0.15) is 0 Å². The van der Waals surface area contributed by atoms with Crippen LogP contribution in [0.3, 0.4) is 0 Å². The molecule has 0 saturated carbocycles. The number of carbonyl (C=O) groups excluding carboxylic acids is 1. The summed E-state index contributed by atoms with van der Waals surface area (Å²) in [5.74, 6) is -0.495. The Morgan fingerprint density at radius 1 is 1.32 bits per heavy atom. The Bertz CT molecular complexity index is 670. The molecular weight excluding hydrogens is 383 g/mol. The van der Waals surface area contributed by atoms with E-state index in [9.17, 15) is 9.18 Å². The lowest BCUT2D eigenvalue weighted by Gasteiger charge is -2.40. The number of amides is 2. The number of ether oxygens (including phenoxy) is 1. The minimum absolute atomic E-state index is 0.00142. The van der Waals surface area contributed by atoms with Crippen LogP contribution in [0, 0.1) is 5.82 Å². The van der Waals surface area contributed by atoms with E-state index in [1.807, 2.05) is 0 Å². The van der Waals surface area contributed by atoms with Gasteiger partial charge in [0.1, 0.15) is 5.82 Å². The Labute approximate surface area is 171 Å². The highest BCUT2D eigenvalue weighted by Gasteiger charge is 2.27. The first kappa shape index (κ1) is 21.3. The van der Waals surface area contributed by atoms with E-state index < -0.39 is 5.82 Å². The van der Waals surface area contributed by atoms with Gasteiger partial charge in [-0.3, -0.25) is 9.80 Å². The lowest BCUT2D eigenvalue weighted by atomic mass is 10.1. The van der Waals surface area contributed by atoms with Crippen molar-refractivity contribution >= 4 is 23.3 Å². The van der Waals surface area contributed by atoms with Crippen LogP contribution in [0.4, 0.5) is 14.9 Å². The number of rotatable bonds is 5. The summed E-state index contributed by atoms with van der Waals surface area (Å²) >= 11 is 5.77. The maximum Gasteiger partial charge on any atom is 0.321 e. The van der Waals surface area contributed by atoms with Crippen molar-refractivity contribution in [1.82, 2.24) is 14.7 Å². The van der Waals surface area contributed by atoms with Gasteiger partial charge in [0.05, 0.1) is 17.7 Å². The van der Waals surface area contributed by atoms with Crippen LogP contribution in [0.2, 0.25) is 5.02 Å². The third-order valence-electron chi connectivity index (χ3n) is 5.68. The van der Waals surface area contributed by atoms with Crippen LogP contribution in [0.15, 0.2) is 18.2 Å². The predicted molar refractivity (Wildman–Crippen MR) is 110 cm³/mol. The first-order chi connectivity index (χ1) is 13.5. The van der Waals surface area contributed by atoms with Gasteiger partial charge in [0.15, 0.2) is 0 Å². The number of carbonyl (C=O) groups is 1. The summed E-state index contributed by atoms with van der Waals surface area (Å²) in [6.07, 6.45) is 1.38. The quantitative estimate of drug-likeness (QED) is 0.807. The molecule has 0 aromatic heterocycles. The number of urea groups is 1. The van der Waals surface area contributed by atoms with E-state index in [0.29, 0.717) is 24.8 Å². The van der Waals surface area contributed by atoms with Gasteiger partial charge in [-0.1, -0.05) is 18.5 Å². The fourth-order valence-corrected chi connectivity index (χ4v) is 3.89. The number of nitrogens with one attached hydrogen (secondary N) is 1. The summed E-state index contributed by atoms with van der Waals surface area (Å²) < 4.78 is 19.2. The summed E-state index contributed by atoms with van der Waals surface area (Å²) in [4.78, 5) is 19.1. The zero-order chi connectivity index (χ0) is 20.1. The number of morpholine rings is 1. The van der Waals surface area contributed by atoms with E-state index in [2.05, 4.69) is 29.0 Å². The number of piperazine rings is 1. The first-order valence-electron chi connectivity index (χ1n) is 10.0. The Balaban J connectivity index is 1.43. The van der Waals surface area contributed by atoms with Gasteiger partial charge >= 0.3 is 6.03 Å².